The number of aromatic nitrogens is 2. The number of ether oxygens (including phenoxy) is 2. The molecule has 0 saturated carbocycles. The van der Waals surface area contributed by atoms with Crippen LogP contribution in [0.4, 0.5) is 5.82 Å². The van der Waals surface area contributed by atoms with Gasteiger partial charge in [0.05, 0.1) is 13.2 Å². The number of hydrogen-bond donors (Lipinski definition) is 2. The number of rotatable bonds is 7. The fraction of sp³-hybridized carbons (Fsp3) is 0.765. The first-order valence-electron chi connectivity index (χ1n) is 9.28. The van der Waals surface area contributed by atoms with Gasteiger partial charge in [-0.15, -0.1) is 0 Å². The first-order chi connectivity index (χ1) is 12.2. The van der Waals surface area contributed by atoms with Crippen LogP contribution < -0.4 is 16.2 Å². The van der Waals surface area contributed by atoms with Crippen LogP contribution in [0.25, 0.3) is 0 Å². The lowest BCUT2D eigenvalue weighted by atomic mass is 10.1. The Bertz CT molecular complexity index is 609. The maximum atomic E-state index is 6.41. The molecule has 8 heteroatoms. The number of unbranched alkanes of at least 4 members (excludes halogenated alkanes) is 1. The van der Waals surface area contributed by atoms with Gasteiger partial charge in [-0.1, -0.05) is 13.3 Å². The standard InChI is InChI=1S/C17H30N6O2/c1-3-4-9-22-14(18)13-15(21-16(22)19)23(17(20-13)24-2)10-8-12-7-5-6-11-25-12/h12,14H,3-11,18H2,1-2H3,(H2,19,21). The fourth-order valence-corrected chi connectivity index (χ4v) is 3.47. The van der Waals surface area contributed by atoms with E-state index in [4.69, 9.17) is 20.9 Å². The van der Waals surface area contributed by atoms with Crippen LogP contribution in [0.15, 0.2) is 4.99 Å². The zero-order chi connectivity index (χ0) is 17.8. The normalized spacial score (nSPS) is 23.3. The zero-order valence-corrected chi connectivity index (χ0v) is 15.3. The lowest BCUT2D eigenvalue weighted by molar-refractivity contribution is 0.00859. The average Bonchev–Trinajstić information content (AvgIpc) is 2.98. The summed E-state index contributed by atoms with van der Waals surface area (Å²) in [4.78, 5) is 11.1. The lowest BCUT2D eigenvalue weighted by Gasteiger charge is -2.32. The summed E-state index contributed by atoms with van der Waals surface area (Å²) < 4.78 is 13.3. The number of hydrogen-bond acceptors (Lipinski definition) is 7. The van der Waals surface area contributed by atoms with Crippen LogP contribution in [0.1, 0.15) is 57.3 Å². The molecule has 0 spiro atoms. The third-order valence-corrected chi connectivity index (χ3v) is 4.95. The minimum absolute atomic E-state index is 0.288. The number of fused-ring (bicyclic) bond motifs is 1. The first-order valence-corrected chi connectivity index (χ1v) is 9.28. The summed E-state index contributed by atoms with van der Waals surface area (Å²) in [6, 6.07) is 0.533. The minimum atomic E-state index is -0.389. The summed E-state index contributed by atoms with van der Waals surface area (Å²) in [5.41, 5.74) is 13.3. The minimum Gasteiger partial charge on any atom is -0.468 e. The van der Waals surface area contributed by atoms with Gasteiger partial charge in [-0.2, -0.15) is 9.98 Å². The first kappa shape index (κ1) is 18.0. The highest BCUT2D eigenvalue weighted by Gasteiger charge is 2.32. The molecule has 2 unspecified atom stereocenters. The summed E-state index contributed by atoms with van der Waals surface area (Å²) in [6.07, 6.45) is 6.38. The van der Waals surface area contributed by atoms with Crippen LogP contribution in [0.3, 0.4) is 0 Å². The van der Waals surface area contributed by atoms with Crippen molar-refractivity contribution >= 4 is 11.8 Å². The molecule has 2 aliphatic heterocycles. The van der Waals surface area contributed by atoms with Crippen molar-refractivity contribution in [2.75, 3.05) is 20.3 Å². The molecule has 1 aromatic rings. The summed E-state index contributed by atoms with van der Waals surface area (Å²) in [6.45, 7) is 4.50. The molecule has 1 aromatic heterocycles. The van der Waals surface area contributed by atoms with Crippen LogP contribution in [-0.2, 0) is 11.3 Å². The highest BCUT2D eigenvalue weighted by Crippen LogP contribution is 2.35. The molecule has 2 aliphatic rings. The third-order valence-electron chi connectivity index (χ3n) is 4.95. The van der Waals surface area contributed by atoms with Gasteiger partial charge in [0.2, 0.25) is 0 Å². The number of nitrogens with zero attached hydrogens (tertiary/aromatic N) is 4. The second kappa shape index (κ2) is 8.05. The van der Waals surface area contributed by atoms with Gasteiger partial charge in [0.15, 0.2) is 11.8 Å². The predicted octanol–water partition coefficient (Wildman–Crippen LogP) is 1.87. The molecule has 0 bridgehead atoms. The zero-order valence-electron chi connectivity index (χ0n) is 15.3. The third kappa shape index (κ3) is 3.74. The van der Waals surface area contributed by atoms with Crippen molar-refractivity contribution in [3.63, 3.8) is 0 Å². The smallest absolute Gasteiger partial charge is 0.298 e. The van der Waals surface area contributed by atoms with E-state index in [9.17, 15) is 0 Å². The number of imidazole rings is 1. The molecule has 0 aromatic carbocycles. The van der Waals surface area contributed by atoms with Crippen LogP contribution >= 0.6 is 0 Å². The second-order valence-electron chi connectivity index (χ2n) is 6.70. The number of methoxy groups -OCH3 is 1. The Labute approximate surface area is 149 Å². The Kier molecular flexibility index (Phi) is 5.80. The molecular formula is C17H30N6O2. The number of aliphatic imine (C=N–C) groups is 1. The summed E-state index contributed by atoms with van der Waals surface area (Å²) in [5.74, 6) is 1.16. The van der Waals surface area contributed by atoms with Gasteiger partial charge in [0.1, 0.15) is 11.9 Å². The largest absolute Gasteiger partial charge is 0.468 e. The van der Waals surface area contributed by atoms with E-state index in [-0.39, 0.29) is 12.3 Å². The van der Waals surface area contributed by atoms with Gasteiger partial charge in [0, 0.05) is 19.7 Å². The van der Waals surface area contributed by atoms with Crippen molar-refractivity contribution in [2.45, 2.75) is 64.3 Å². The van der Waals surface area contributed by atoms with E-state index >= 15 is 0 Å². The molecule has 8 nitrogen and oxygen atoms in total. The molecule has 0 radical (unpaired) electrons. The topological polar surface area (TPSA) is 104 Å². The van der Waals surface area contributed by atoms with Crippen LogP contribution in [-0.4, -0.2) is 46.8 Å². The van der Waals surface area contributed by atoms with Crippen LogP contribution in [0.2, 0.25) is 0 Å². The van der Waals surface area contributed by atoms with Gasteiger partial charge in [-0.05, 0) is 32.1 Å². The maximum Gasteiger partial charge on any atom is 0.298 e. The molecule has 3 rings (SSSR count). The Hall–Kier alpha value is -1.80. The number of nitrogens with two attached hydrogens (primary N) is 2. The van der Waals surface area contributed by atoms with E-state index in [2.05, 4.69) is 16.9 Å². The van der Waals surface area contributed by atoms with Gasteiger partial charge in [0.25, 0.3) is 6.01 Å². The molecule has 140 valence electrons. The van der Waals surface area contributed by atoms with E-state index < -0.39 is 0 Å². The second-order valence-corrected chi connectivity index (χ2v) is 6.70. The lowest BCUT2D eigenvalue weighted by Crippen LogP contribution is -2.46. The molecule has 25 heavy (non-hydrogen) atoms. The van der Waals surface area contributed by atoms with Gasteiger partial charge in [-0.25, -0.2) is 0 Å². The summed E-state index contributed by atoms with van der Waals surface area (Å²) in [7, 11) is 1.62. The van der Waals surface area contributed by atoms with Gasteiger partial charge in [-0.3, -0.25) is 4.57 Å². The van der Waals surface area contributed by atoms with Crippen molar-refractivity contribution in [3.8, 4) is 6.01 Å². The van der Waals surface area contributed by atoms with Gasteiger partial charge >= 0.3 is 0 Å². The SMILES string of the molecule is CCCCN1C(N)=Nc2c(nc(OC)n2CCC2CCCCO2)C1N. The Morgan fingerprint density at radius 3 is 2.84 bits per heavy atom. The van der Waals surface area contributed by atoms with E-state index in [1.165, 1.54) is 6.42 Å². The molecule has 0 aliphatic carbocycles. The Morgan fingerprint density at radius 1 is 1.32 bits per heavy atom. The average molecular weight is 350 g/mol. The van der Waals surface area contributed by atoms with Crippen molar-refractivity contribution in [1.29, 1.82) is 0 Å². The molecule has 4 N–H and O–H groups in total. The Balaban J connectivity index is 1.80. The molecule has 2 atom stereocenters. The maximum absolute atomic E-state index is 6.41. The van der Waals surface area contributed by atoms with Crippen molar-refractivity contribution < 1.29 is 9.47 Å². The van der Waals surface area contributed by atoms with E-state index in [0.29, 0.717) is 17.8 Å². The van der Waals surface area contributed by atoms with E-state index in [1.807, 2.05) is 9.47 Å². The molecule has 1 fully saturated rings. The summed E-state index contributed by atoms with van der Waals surface area (Å²) in [5, 5.41) is 0. The fourth-order valence-electron chi connectivity index (χ4n) is 3.47. The van der Waals surface area contributed by atoms with E-state index in [1.54, 1.807) is 7.11 Å². The molecule has 0 amide bonds. The van der Waals surface area contributed by atoms with Crippen molar-refractivity contribution in [2.24, 2.45) is 16.5 Å². The molecular weight excluding hydrogens is 320 g/mol. The molecule has 1 saturated heterocycles. The number of guanidine groups is 1. The van der Waals surface area contributed by atoms with Crippen LogP contribution in [0, 0.1) is 0 Å². The quantitative estimate of drug-likeness (QED) is 0.778. The van der Waals surface area contributed by atoms with Crippen molar-refractivity contribution in [1.82, 2.24) is 14.5 Å². The Morgan fingerprint density at radius 2 is 2.16 bits per heavy atom. The van der Waals surface area contributed by atoms with Gasteiger partial charge < -0.3 is 25.8 Å². The van der Waals surface area contributed by atoms with Crippen molar-refractivity contribution in [3.05, 3.63) is 5.69 Å². The van der Waals surface area contributed by atoms with E-state index in [0.717, 1.165) is 57.5 Å². The van der Waals surface area contributed by atoms with Crippen LogP contribution in [0.5, 0.6) is 6.01 Å². The highest BCUT2D eigenvalue weighted by molar-refractivity contribution is 5.83. The summed E-state index contributed by atoms with van der Waals surface area (Å²) >= 11 is 0. The monoisotopic (exact) mass is 350 g/mol. The highest BCUT2D eigenvalue weighted by atomic mass is 16.5. The predicted molar refractivity (Wildman–Crippen MR) is 96.8 cm³/mol. The molecule has 3 heterocycles.